The normalized spacial score (nSPS) is 17.4. The van der Waals surface area contributed by atoms with Gasteiger partial charge in [0.1, 0.15) is 23.7 Å². The summed E-state index contributed by atoms with van der Waals surface area (Å²) in [4.78, 5) is 34.5. The van der Waals surface area contributed by atoms with Gasteiger partial charge in [0.25, 0.3) is 11.5 Å². The molecule has 5 rings (SSSR count). The van der Waals surface area contributed by atoms with E-state index in [-0.39, 0.29) is 17.3 Å². The molecule has 0 saturated carbocycles. The lowest BCUT2D eigenvalue weighted by Crippen LogP contribution is -2.43. The molecule has 2 aliphatic rings. The fraction of sp³-hybridized carbons (Fsp3) is 0.150. The Hall–Kier alpha value is -3.26. The summed E-state index contributed by atoms with van der Waals surface area (Å²) in [6.45, 7) is 0.670. The van der Waals surface area contributed by atoms with Crippen LogP contribution in [0.5, 0.6) is 0 Å². The molecule has 8 heteroatoms. The molecule has 6 nitrogen and oxygen atoms in total. The van der Waals surface area contributed by atoms with Gasteiger partial charge in [-0.3, -0.25) is 14.2 Å². The van der Waals surface area contributed by atoms with Crippen LogP contribution in [0, 0.1) is 5.82 Å². The van der Waals surface area contributed by atoms with Crippen molar-refractivity contribution >= 4 is 34.2 Å². The van der Waals surface area contributed by atoms with Crippen molar-refractivity contribution in [2.24, 2.45) is 4.99 Å². The third kappa shape index (κ3) is 2.41. The molecule has 0 unspecified atom stereocenters. The Bertz CT molecular complexity index is 1290. The van der Waals surface area contributed by atoms with Gasteiger partial charge in [-0.25, -0.2) is 9.38 Å². The minimum atomic E-state index is -0.313. The molecule has 0 atom stereocenters. The van der Waals surface area contributed by atoms with E-state index in [1.807, 2.05) is 29.2 Å². The first kappa shape index (κ1) is 16.9. The Kier molecular flexibility index (Phi) is 3.70. The third-order valence-electron chi connectivity index (χ3n) is 5.02. The van der Waals surface area contributed by atoms with E-state index >= 15 is 0 Å². The number of carbonyl (C=O) groups is 1. The maximum atomic E-state index is 13.2. The molecule has 0 N–H and O–H groups in total. The van der Waals surface area contributed by atoms with Crippen LogP contribution in [0.4, 0.5) is 15.8 Å². The van der Waals surface area contributed by atoms with Crippen LogP contribution in [0.15, 0.2) is 58.3 Å². The second-order valence-corrected chi connectivity index (χ2v) is 7.64. The number of rotatable bonds is 1. The van der Waals surface area contributed by atoms with Gasteiger partial charge in [-0.15, -0.1) is 0 Å². The highest BCUT2D eigenvalue weighted by molar-refractivity contribution is 7.07. The zero-order chi connectivity index (χ0) is 19.4. The second-order valence-electron chi connectivity index (χ2n) is 6.66. The summed E-state index contributed by atoms with van der Waals surface area (Å²) < 4.78 is 15.2. The molecule has 3 aromatic rings. The molecule has 140 valence electrons. The first-order valence-corrected chi connectivity index (χ1v) is 9.52. The predicted octanol–water partition coefficient (Wildman–Crippen LogP) is 1.28. The number of benzene rings is 2. The fourth-order valence-corrected chi connectivity index (χ4v) is 4.62. The van der Waals surface area contributed by atoms with Crippen LogP contribution in [-0.4, -0.2) is 24.2 Å². The minimum absolute atomic E-state index is 0.187. The van der Waals surface area contributed by atoms with Gasteiger partial charge in [0, 0.05) is 18.3 Å². The number of likely N-dealkylation sites (N-methyl/N-ethyl adjacent to an activating group) is 1. The lowest BCUT2D eigenvalue weighted by molar-refractivity contribution is -0.112. The smallest absolute Gasteiger partial charge is 0.272 e. The Morgan fingerprint density at radius 2 is 1.82 bits per heavy atom. The van der Waals surface area contributed by atoms with Crippen LogP contribution in [0.3, 0.4) is 0 Å². The van der Waals surface area contributed by atoms with Crippen LogP contribution in [0.2, 0.25) is 0 Å². The molecular formula is C20H15FN4O2S. The first-order valence-electron chi connectivity index (χ1n) is 8.71. The second kappa shape index (κ2) is 6.13. The highest BCUT2D eigenvalue weighted by Crippen LogP contribution is 2.33. The Morgan fingerprint density at radius 1 is 1.07 bits per heavy atom. The summed E-state index contributed by atoms with van der Waals surface area (Å²) in [6.07, 6.45) is 0. The van der Waals surface area contributed by atoms with Crippen LogP contribution in [0.1, 0.15) is 5.56 Å². The number of nitrogens with zero attached hydrogens (tertiary/aromatic N) is 4. The Balaban J connectivity index is 1.66. The van der Waals surface area contributed by atoms with Gasteiger partial charge in [-0.05, 0) is 30.3 Å². The number of fused-ring (bicyclic) bond motifs is 2. The van der Waals surface area contributed by atoms with E-state index in [4.69, 9.17) is 0 Å². The van der Waals surface area contributed by atoms with Crippen LogP contribution in [-0.2, 0) is 11.5 Å². The van der Waals surface area contributed by atoms with Gasteiger partial charge in [0.05, 0.1) is 11.3 Å². The molecule has 0 spiro atoms. The summed E-state index contributed by atoms with van der Waals surface area (Å²) >= 11 is 1.24. The molecule has 1 aromatic heterocycles. The van der Waals surface area contributed by atoms with Crippen molar-refractivity contribution in [3.63, 3.8) is 0 Å². The van der Waals surface area contributed by atoms with E-state index < -0.39 is 0 Å². The summed E-state index contributed by atoms with van der Waals surface area (Å²) in [5.41, 5.74) is 2.54. The monoisotopic (exact) mass is 394 g/mol. The average Bonchev–Trinajstić information content (AvgIpc) is 3.16. The van der Waals surface area contributed by atoms with Crippen molar-refractivity contribution in [3.8, 4) is 0 Å². The number of thiazole rings is 1. The number of para-hydroxylation sites is 1. The van der Waals surface area contributed by atoms with Gasteiger partial charge in [0.15, 0.2) is 4.80 Å². The molecule has 0 saturated heterocycles. The summed E-state index contributed by atoms with van der Waals surface area (Å²) in [5.74, 6) is -0.500. The van der Waals surface area contributed by atoms with E-state index in [9.17, 15) is 14.0 Å². The van der Waals surface area contributed by atoms with E-state index in [0.717, 1.165) is 16.9 Å². The molecule has 0 bridgehead atoms. The summed E-state index contributed by atoms with van der Waals surface area (Å²) in [5, 5.41) is 0. The number of amides is 1. The van der Waals surface area contributed by atoms with Crippen molar-refractivity contribution in [1.82, 2.24) is 4.57 Å². The molecular weight excluding hydrogens is 379 g/mol. The SMILES string of the molecule is CN1C(=O)C(=c2sc3n(c2=O)CN(c2ccc(F)cc2)CN=3)c2ccccc21. The number of hydrogen-bond donors (Lipinski definition) is 0. The highest BCUT2D eigenvalue weighted by atomic mass is 32.1. The van der Waals surface area contributed by atoms with Gasteiger partial charge >= 0.3 is 0 Å². The number of aromatic nitrogens is 1. The lowest BCUT2D eigenvalue weighted by Gasteiger charge is -2.25. The molecule has 1 amide bonds. The van der Waals surface area contributed by atoms with Crippen LogP contribution < -0.4 is 24.7 Å². The van der Waals surface area contributed by atoms with Gasteiger partial charge < -0.3 is 9.80 Å². The summed E-state index contributed by atoms with van der Waals surface area (Å²) in [6, 6.07) is 13.5. The number of hydrogen-bond acceptors (Lipinski definition) is 5. The first-order chi connectivity index (χ1) is 13.5. The standard InChI is InChI=1S/C20H15FN4O2S/c1-23-15-5-3-2-4-14(15)16(18(23)26)17-19(27)25-11-24(10-22-20(25)28-17)13-8-6-12(21)7-9-13/h2-9H,10-11H2,1H3. The summed E-state index contributed by atoms with van der Waals surface area (Å²) in [7, 11) is 1.71. The highest BCUT2D eigenvalue weighted by Gasteiger charge is 2.32. The molecule has 28 heavy (non-hydrogen) atoms. The van der Waals surface area contributed by atoms with E-state index in [2.05, 4.69) is 4.99 Å². The number of carbonyl (C=O) groups excluding carboxylic acids is 1. The number of anilines is 2. The topological polar surface area (TPSA) is 57.9 Å². The maximum Gasteiger partial charge on any atom is 0.272 e. The van der Waals surface area contributed by atoms with Gasteiger partial charge in [-0.1, -0.05) is 29.5 Å². The molecule has 2 aliphatic heterocycles. The Labute approximate surface area is 163 Å². The van der Waals surface area contributed by atoms with Crippen molar-refractivity contribution in [1.29, 1.82) is 0 Å². The Morgan fingerprint density at radius 3 is 2.61 bits per heavy atom. The molecule has 0 fully saturated rings. The predicted molar refractivity (Wildman–Crippen MR) is 105 cm³/mol. The van der Waals surface area contributed by atoms with Crippen molar-refractivity contribution < 1.29 is 9.18 Å². The molecule has 0 aliphatic carbocycles. The third-order valence-corrected chi connectivity index (χ3v) is 6.14. The molecule has 3 heterocycles. The van der Waals surface area contributed by atoms with Crippen LogP contribution >= 0.6 is 11.3 Å². The number of halogens is 1. The maximum absolute atomic E-state index is 13.2. The van der Waals surface area contributed by atoms with Crippen LogP contribution in [0.25, 0.3) is 5.57 Å². The van der Waals surface area contributed by atoms with E-state index in [1.54, 1.807) is 28.6 Å². The molecule has 2 aromatic carbocycles. The van der Waals surface area contributed by atoms with Crippen molar-refractivity contribution in [3.05, 3.63) is 79.6 Å². The average molecular weight is 394 g/mol. The minimum Gasteiger partial charge on any atom is -0.334 e. The molecule has 0 radical (unpaired) electrons. The fourth-order valence-electron chi connectivity index (χ4n) is 3.57. The zero-order valence-electron chi connectivity index (χ0n) is 14.9. The van der Waals surface area contributed by atoms with Crippen molar-refractivity contribution in [2.45, 2.75) is 6.67 Å². The van der Waals surface area contributed by atoms with Gasteiger partial charge in [-0.2, -0.15) is 0 Å². The van der Waals surface area contributed by atoms with E-state index in [1.165, 1.54) is 23.5 Å². The quantitative estimate of drug-likeness (QED) is 0.625. The van der Waals surface area contributed by atoms with E-state index in [0.29, 0.717) is 28.2 Å². The van der Waals surface area contributed by atoms with Gasteiger partial charge in [0.2, 0.25) is 0 Å². The lowest BCUT2D eigenvalue weighted by atomic mass is 10.1. The largest absolute Gasteiger partial charge is 0.334 e. The van der Waals surface area contributed by atoms with Crippen molar-refractivity contribution in [2.75, 3.05) is 23.5 Å². The zero-order valence-corrected chi connectivity index (χ0v) is 15.7.